The Morgan fingerprint density at radius 1 is 1.08 bits per heavy atom. The Morgan fingerprint density at radius 2 is 1.73 bits per heavy atom. The highest BCUT2D eigenvalue weighted by molar-refractivity contribution is 5.48. The van der Waals surface area contributed by atoms with Gasteiger partial charge in [0.1, 0.15) is 5.82 Å². The number of nitrogens with zero attached hydrogens (tertiary/aromatic N) is 2. The molecular weight excluding hydrogens is 334 g/mol. The minimum absolute atomic E-state index is 0.249. The molecule has 2 aliphatic heterocycles. The number of hydrogen-bond donors (Lipinski definition) is 1. The van der Waals surface area contributed by atoms with Crippen LogP contribution in [0, 0.1) is 0 Å². The monoisotopic (exact) mass is 357 g/mol. The number of rotatable bonds is 3. The number of ether oxygens (including phenoxy) is 2. The van der Waals surface area contributed by atoms with Gasteiger partial charge in [0, 0.05) is 39.4 Å². The zero-order chi connectivity index (χ0) is 18.1. The Morgan fingerprint density at radius 3 is 2.38 bits per heavy atom. The first-order chi connectivity index (χ1) is 12.6. The molecule has 0 bridgehead atoms. The van der Waals surface area contributed by atoms with Gasteiger partial charge in [-0.3, -0.25) is 14.3 Å². The fourth-order valence-corrected chi connectivity index (χ4v) is 3.74. The maximum atomic E-state index is 12.8. The molecular formula is C19H23N3O4. The summed E-state index contributed by atoms with van der Waals surface area (Å²) in [5.41, 5.74) is 1.01. The van der Waals surface area contributed by atoms with Crippen LogP contribution in [0.2, 0.25) is 0 Å². The number of nitrogens with one attached hydrogen (secondary N) is 1. The molecule has 1 aromatic carbocycles. The van der Waals surface area contributed by atoms with Gasteiger partial charge < -0.3 is 14.4 Å². The van der Waals surface area contributed by atoms with Crippen LogP contribution in [0.4, 0.5) is 5.82 Å². The van der Waals surface area contributed by atoms with Crippen LogP contribution in [-0.2, 0) is 22.9 Å². The first-order valence-electron chi connectivity index (χ1n) is 8.97. The molecule has 2 aliphatic rings. The van der Waals surface area contributed by atoms with E-state index in [9.17, 15) is 9.59 Å². The van der Waals surface area contributed by atoms with Crippen molar-refractivity contribution in [1.82, 2.24) is 9.55 Å². The summed E-state index contributed by atoms with van der Waals surface area (Å²) in [6.45, 7) is 2.60. The summed E-state index contributed by atoms with van der Waals surface area (Å²) in [7, 11) is 1.50. The summed E-state index contributed by atoms with van der Waals surface area (Å²) in [6.07, 6.45) is 1.91. The van der Waals surface area contributed by atoms with E-state index in [4.69, 9.17) is 9.47 Å². The Hall–Kier alpha value is -2.38. The number of aromatic amines is 1. The first-order valence-corrected chi connectivity index (χ1v) is 8.97. The lowest BCUT2D eigenvalue weighted by atomic mass is 10.0. The third-order valence-corrected chi connectivity index (χ3v) is 5.26. The molecule has 2 saturated heterocycles. The molecule has 2 fully saturated rings. The molecule has 7 nitrogen and oxygen atoms in total. The van der Waals surface area contributed by atoms with E-state index in [-0.39, 0.29) is 5.56 Å². The average molecular weight is 357 g/mol. The molecule has 7 heteroatoms. The van der Waals surface area contributed by atoms with Gasteiger partial charge in [-0.05, 0) is 5.56 Å². The number of benzene rings is 1. The van der Waals surface area contributed by atoms with Gasteiger partial charge in [0.05, 0.1) is 18.8 Å². The molecule has 0 atom stereocenters. The Labute approximate surface area is 151 Å². The Bertz CT molecular complexity index is 887. The number of anilines is 1. The van der Waals surface area contributed by atoms with E-state index in [0.717, 1.165) is 23.0 Å². The van der Waals surface area contributed by atoms with Gasteiger partial charge in [-0.1, -0.05) is 30.3 Å². The SMILES string of the molecule is Cn1c(=O)[nH]c(N2CCC3(CC2)OCCO3)c(Cc2ccccc2)c1=O. The molecule has 0 radical (unpaired) electrons. The average Bonchev–Trinajstić information content (AvgIpc) is 3.12. The third kappa shape index (κ3) is 3.08. The predicted molar refractivity (Wildman–Crippen MR) is 97.6 cm³/mol. The van der Waals surface area contributed by atoms with Crippen molar-refractivity contribution in [2.45, 2.75) is 25.0 Å². The molecule has 0 amide bonds. The summed E-state index contributed by atoms with van der Waals surface area (Å²) in [5.74, 6) is 0.130. The van der Waals surface area contributed by atoms with Crippen molar-refractivity contribution in [3.05, 3.63) is 62.3 Å². The van der Waals surface area contributed by atoms with Crippen molar-refractivity contribution in [1.29, 1.82) is 0 Å². The van der Waals surface area contributed by atoms with Crippen molar-refractivity contribution >= 4 is 5.82 Å². The highest BCUT2D eigenvalue weighted by atomic mass is 16.7. The Balaban J connectivity index is 1.67. The van der Waals surface area contributed by atoms with Crippen LogP contribution >= 0.6 is 0 Å². The van der Waals surface area contributed by atoms with Gasteiger partial charge in [0.15, 0.2) is 5.79 Å². The summed E-state index contributed by atoms with van der Waals surface area (Å²) in [4.78, 5) is 29.9. The molecule has 0 unspecified atom stereocenters. The van der Waals surface area contributed by atoms with Gasteiger partial charge in [0.25, 0.3) is 5.56 Å². The van der Waals surface area contributed by atoms with E-state index in [1.165, 1.54) is 7.05 Å². The first kappa shape index (κ1) is 17.1. The van der Waals surface area contributed by atoms with Crippen molar-refractivity contribution in [2.75, 3.05) is 31.2 Å². The van der Waals surface area contributed by atoms with E-state index in [2.05, 4.69) is 9.88 Å². The third-order valence-electron chi connectivity index (χ3n) is 5.26. The highest BCUT2D eigenvalue weighted by Crippen LogP contribution is 2.33. The minimum atomic E-state index is -0.490. The van der Waals surface area contributed by atoms with Crippen molar-refractivity contribution in [3.8, 4) is 0 Å². The summed E-state index contributed by atoms with van der Waals surface area (Å²) < 4.78 is 12.7. The normalized spacial score (nSPS) is 19.2. The fraction of sp³-hybridized carbons (Fsp3) is 0.474. The van der Waals surface area contributed by atoms with Gasteiger partial charge in [-0.15, -0.1) is 0 Å². The van der Waals surface area contributed by atoms with Crippen LogP contribution in [0.1, 0.15) is 24.0 Å². The van der Waals surface area contributed by atoms with E-state index in [0.29, 0.717) is 44.1 Å². The molecule has 138 valence electrons. The van der Waals surface area contributed by atoms with Gasteiger partial charge in [-0.25, -0.2) is 4.79 Å². The minimum Gasteiger partial charge on any atom is -0.357 e. The van der Waals surface area contributed by atoms with Gasteiger partial charge in [-0.2, -0.15) is 0 Å². The van der Waals surface area contributed by atoms with Crippen LogP contribution in [0.5, 0.6) is 0 Å². The van der Waals surface area contributed by atoms with E-state index in [1.807, 2.05) is 30.3 Å². The highest BCUT2D eigenvalue weighted by Gasteiger charge is 2.40. The van der Waals surface area contributed by atoms with Crippen molar-refractivity contribution < 1.29 is 9.47 Å². The molecule has 0 saturated carbocycles. The molecule has 3 heterocycles. The second kappa shape index (κ2) is 6.74. The van der Waals surface area contributed by atoms with Crippen molar-refractivity contribution in [2.24, 2.45) is 7.05 Å². The number of hydrogen-bond acceptors (Lipinski definition) is 5. The lowest BCUT2D eigenvalue weighted by Crippen LogP contribution is -2.47. The molecule has 0 aliphatic carbocycles. The quantitative estimate of drug-likeness (QED) is 0.887. The number of piperidine rings is 1. The lowest BCUT2D eigenvalue weighted by Gasteiger charge is -2.38. The molecule has 1 aromatic heterocycles. The van der Waals surface area contributed by atoms with Crippen LogP contribution in [-0.4, -0.2) is 41.6 Å². The maximum absolute atomic E-state index is 12.8. The fourth-order valence-electron chi connectivity index (χ4n) is 3.74. The number of H-pyrrole nitrogens is 1. The van der Waals surface area contributed by atoms with Crippen molar-refractivity contribution in [3.63, 3.8) is 0 Å². The van der Waals surface area contributed by atoms with Crippen LogP contribution in [0.15, 0.2) is 39.9 Å². The van der Waals surface area contributed by atoms with Crippen LogP contribution < -0.4 is 16.1 Å². The second-order valence-corrected chi connectivity index (χ2v) is 6.88. The second-order valence-electron chi connectivity index (χ2n) is 6.88. The Kier molecular flexibility index (Phi) is 4.42. The van der Waals surface area contributed by atoms with E-state index < -0.39 is 11.5 Å². The maximum Gasteiger partial charge on any atom is 0.329 e. The molecule has 2 aromatic rings. The molecule has 4 rings (SSSR count). The largest absolute Gasteiger partial charge is 0.357 e. The lowest BCUT2D eigenvalue weighted by molar-refractivity contribution is -0.169. The molecule has 1 N–H and O–H groups in total. The van der Waals surface area contributed by atoms with Crippen LogP contribution in [0.25, 0.3) is 0 Å². The number of aromatic nitrogens is 2. The molecule has 26 heavy (non-hydrogen) atoms. The topological polar surface area (TPSA) is 76.6 Å². The van der Waals surface area contributed by atoms with E-state index in [1.54, 1.807) is 0 Å². The zero-order valence-corrected chi connectivity index (χ0v) is 14.9. The van der Waals surface area contributed by atoms with Gasteiger partial charge >= 0.3 is 5.69 Å². The predicted octanol–water partition coefficient (Wildman–Crippen LogP) is 1.01. The standard InChI is InChI=1S/C19H23N3O4/c1-21-17(23)15(13-14-5-3-2-4-6-14)16(20-18(21)24)22-9-7-19(8-10-22)25-11-12-26-19/h2-6H,7-13H2,1H3,(H,20,24). The molecule has 1 spiro atoms. The summed E-state index contributed by atoms with van der Waals surface area (Å²) >= 11 is 0. The summed E-state index contributed by atoms with van der Waals surface area (Å²) in [5, 5.41) is 0. The van der Waals surface area contributed by atoms with Gasteiger partial charge in [0.2, 0.25) is 0 Å². The van der Waals surface area contributed by atoms with Crippen LogP contribution in [0.3, 0.4) is 0 Å². The van der Waals surface area contributed by atoms with E-state index >= 15 is 0 Å². The summed E-state index contributed by atoms with van der Waals surface area (Å²) in [6, 6.07) is 9.82. The smallest absolute Gasteiger partial charge is 0.329 e. The zero-order valence-electron chi connectivity index (χ0n) is 14.9.